The molecule has 132 valence electrons. The van der Waals surface area contributed by atoms with Crippen LogP contribution in [0.25, 0.3) is 0 Å². The predicted molar refractivity (Wildman–Crippen MR) is 101 cm³/mol. The van der Waals surface area contributed by atoms with Crippen LogP contribution >= 0.6 is 12.4 Å². The number of nitrogens with two attached hydrogens (primary N) is 1. The summed E-state index contributed by atoms with van der Waals surface area (Å²) in [7, 11) is 0. The number of fused-ring (bicyclic) bond motifs is 1. The lowest BCUT2D eigenvalue weighted by molar-refractivity contribution is -0.385. The molecule has 0 radical (unpaired) electrons. The van der Waals surface area contributed by atoms with Crippen LogP contribution in [0.2, 0.25) is 0 Å². The Hall–Kier alpha value is -2.60. The zero-order valence-corrected chi connectivity index (χ0v) is 14.7. The van der Waals surface area contributed by atoms with E-state index in [0.29, 0.717) is 29.8 Å². The number of nitro benzene ring substituents is 1. The molecule has 0 bridgehead atoms. The van der Waals surface area contributed by atoms with E-state index in [0.717, 1.165) is 24.1 Å². The molecule has 1 aliphatic rings. The first-order valence-corrected chi connectivity index (χ1v) is 7.99. The average Bonchev–Trinajstić information content (AvgIpc) is 2.60. The van der Waals surface area contributed by atoms with Gasteiger partial charge < -0.3 is 10.6 Å². The van der Waals surface area contributed by atoms with E-state index in [1.165, 1.54) is 6.07 Å². The molecule has 0 fully saturated rings. The van der Waals surface area contributed by atoms with E-state index in [1.807, 2.05) is 25.1 Å². The van der Waals surface area contributed by atoms with Crippen LogP contribution in [-0.2, 0) is 12.8 Å². The summed E-state index contributed by atoms with van der Waals surface area (Å²) in [6, 6.07) is 10.2. The summed E-state index contributed by atoms with van der Waals surface area (Å²) in [5.41, 5.74) is 9.41. The van der Waals surface area contributed by atoms with Gasteiger partial charge in [-0.2, -0.15) is 0 Å². The number of hydrogen-bond donors (Lipinski definition) is 1. The quantitative estimate of drug-likeness (QED) is 0.512. The van der Waals surface area contributed by atoms with Crippen molar-refractivity contribution in [3.05, 3.63) is 63.2 Å². The average molecular weight is 362 g/mol. The van der Waals surface area contributed by atoms with Gasteiger partial charge in [0.15, 0.2) is 0 Å². The Kier molecular flexibility index (Phi) is 5.64. The third kappa shape index (κ3) is 3.44. The molecule has 0 atom stereocenters. The molecule has 1 heterocycles. The Morgan fingerprint density at radius 3 is 2.76 bits per heavy atom. The standard InChI is InChI=1S/C18H19N3O3.ClH/c1-2-12-8-9-13(11-17(12)21(23)24)18(22)20-10-4-5-14-15(19)6-3-7-16(14)20;/h3,6-9,11H,2,4-5,10,19H2,1H3;1H. The minimum absolute atomic E-state index is 0. The van der Waals surface area contributed by atoms with E-state index in [-0.39, 0.29) is 24.0 Å². The third-order valence-electron chi connectivity index (χ3n) is 4.44. The third-order valence-corrected chi connectivity index (χ3v) is 4.44. The maximum Gasteiger partial charge on any atom is 0.273 e. The molecule has 3 rings (SSSR count). The highest BCUT2D eigenvalue weighted by atomic mass is 35.5. The Labute approximate surface area is 152 Å². The van der Waals surface area contributed by atoms with Crippen LogP contribution in [-0.4, -0.2) is 17.4 Å². The van der Waals surface area contributed by atoms with E-state index < -0.39 is 4.92 Å². The van der Waals surface area contributed by atoms with Crippen molar-refractivity contribution >= 4 is 35.4 Å². The topological polar surface area (TPSA) is 89.5 Å². The highest BCUT2D eigenvalue weighted by molar-refractivity contribution is 6.07. The number of carbonyl (C=O) groups is 1. The van der Waals surface area contributed by atoms with Crippen molar-refractivity contribution in [2.24, 2.45) is 0 Å². The molecule has 0 spiro atoms. The van der Waals surface area contributed by atoms with Crippen LogP contribution in [0.15, 0.2) is 36.4 Å². The molecule has 2 N–H and O–H groups in total. The Balaban J connectivity index is 0.00000225. The zero-order valence-electron chi connectivity index (χ0n) is 13.9. The molecule has 1 aliphatic heterocycles. The molecule has 7 heteroatoms. The second-order valence-corrected chi connectivity index (χ2v) is 5.86. The highest BCUT2D eigenvalue weighted by Gasteiger charge is 2.26. The van der Waals surface area contributed by atoms with Crippen molar-refractivity contribution in [2.45, 2.75) is 26.2 Å². The largest absolute Gasteiger partial charge is 0.398 e. The van der Waals surface area contributed by atoms with Gasteiger partial charge in [0, 0.05) is 35.1 Å². The van der Waals surface area contributed by atoms with Crippen LogP contribution in [0.3, 0.4) is 0 Å². The number of amides is 1. The van der Waals surface area contributed by atoms with Gasteiger partial charge in [-0.25, -0.2) is 0 Å². The maximum atomic E-state index is 12.9. The van der Waals surface area contributed by atoms with Crippen LogP contribution < -0.4 is 10.6 Å². The lowest BCUT2D eigenvalue weighted by Crippen LogP contribution is -2.35. The predicted octanol–water partition coefficient (Wildman–Crippen LogP) is 3.75. The van der Waals surface area contributed by atoms with Crippen molar-refractivity contribution in [3.8, 4) is 0 Å². The molecule has 2 aromatic rings. The number of nitrogens with zero attached hydrogens (tertiary/aromatic N) is 2. The molecular weight excluding hydrogens is 342 g/mol. The smallest absolute Gasteiger partial charge is 0.273 e. The Morgan fingerprint density at radius 2 is 2.08 bits per heavy atom. The van der Waals surface area contributed by atoms with E-state index in [1.54, 1.807) is 17.0 Å². The summed E-state index contributed by atoms with van der Waals surface area (Å²) < 4.78 is 0. The number of rotatable bonds is 3. The molecule has 6 nitrogen and oxygen atoms in total. The summed E-state index contributed by atoms with van der Waals surface area (Å²) in [4.78, 5) is 25.4. The fourth-order valence-corrected chi connectivity index (χ4v) is 3.18. The minimum atomic E-state index is -0.433. The first-order valence-electron chi connectivity index (χ1n) is 7.99. The number of halogens is 1. The molecule has 1 amide bonds. The van der Waals surface area contributed by atoms with E-state index in [4.69, 9.17) is 5.73 Å². The van der Waals surface area contributed by atoms with Gasteiger partial charge in [0.1, 0.15) is 0 Å². The number of aryl methyl sites for hydroxylation is 1. The lowest BCUT2D eigenvalue weighted by Gasteiger charge is -2.30. The fourth-order valence-electron chi connectivity index (χ4n) is 3.18. The van der Waals surface area contributed by atoms with Gasteiger partial charge in [-0.1, -0.05) is 19.1 Å². The summed E-state index contributed by atoms with van der Waals surface area (Å²) in [6.07, 6.45) is 2.21. The monoisotopic (exact) mass is 361 g/mol. The highest BCUT2D eigenvalue weighted by Crippen LogP contribution is 2.32. The van der Waals surface area contributed by atoms with Crippen molar-refractivity contribution in [3.63, 3.8) is 0 Å². The molecule has 0 saturated heterocycles. The van der Waals surface area contributed by atoms with Crippen LogP contribution in [0.5, 0.6) is 0 Å². The van der Waals surface area contributed by atoms with Crippen molar-refractivity contribution in [2.75, 3.05) is 17.2 Å². The van der Waals surface area contributed by atoms with Crippen LogP contribution in [0.1, 0.15) is 34.8 Å². The summed E-state index contributed by atoms with van der Waals surface area (Å²) in [6.45, 7) is 2.44. The van der Waals surface area contributed by atoms with E-state index in [9.17, 15) is 14.9 Å². The second kappa shape index (κ2) is 7.53. The molecule has 0 unspecified atom stereocenters. The number of carbonyl (C=O) groups excluding carboxylic acids is 1. The Morgan fingerprint density at radius 1 is 1.32 bits per heavy atom. The molecule has 0 saturated carbocycles. The van der Waals surface area contributed by atoms with Gasteiger partial charge in [0.2, 0.25) is 0 Å². The minimum Gasteiger partial charge on any atom is -0.398 e. The van der Waals surface area contributed by atoms with Gasteiger partial charge in [-0.3, -0.25) is 14.9 Å². The lowest BCUT2D eigenvalue weighted by atomic mass is 9.98. The number of anilines is 2. The van der Waals surface area contributed by atoms with Crippen LogP contribution in [0.4, 0.5) is 17.1 Å². The fraction of sp³-hybridized carbons (Fsp3) is 0.278. The normalized spacial score (nSPS) is 12.9. The van der Waals surface area contributed by atoms with Gasteiger partial charge in [-0.15, -0.1) is 12.4 Å². The van der Waals surface area contributed by atoms with Crippen LogP contribution in [0, 0.1) is 10.1 Å². The van der Waals surface area contributed by atoms with Crippen molar-refractivity contribution < 1.29 is 9.72 Å². The summed E-state index contributed by atoms with van der Waals surface area (Å²) in [5.74, 6) is -0.229. The van der Waals surface area contributed by atoms with Gasteiger partial charge >= 0.3 is 0 Å². The molecular formula is C18H20ClN3O3. The van der Waals surface area contributed by atoms with E-state index >= 15 is 0 Å². The molecule has 0 aromatic heterocycles. The number of nitrogen functional groups attached to an aromatic ring is 1. The van der Waals surface area contributed by atoms with Crippen molar-refractivity contribution in [1.82, 2.24) is 0 Å². The first kappa shape index (κ1) is 18.7. The molecule has 0 aliphatic carbocycles. The maximum absolute atomic E-state index is 12.9. The number of nitro groups is 1. The first-order chi connectivity index (χ1) is 11.5. The summed E-state index contributed by atoms with van der Waals surface area (Å²) in [5, 5.41) is 11.2. The van der Waals surface area contributed by atoms with E-state index in [2.05, 4.69) is 0 Å². The van der Waals surface area contributed by atoms with Gasteiger partial charge in [0.25, 0.3) is 11.6 Å². The number of benzene rings is 2. The van der Waals surface area contributed by atoms with Gasteiger partial charge in [-0.05, 0) is 43.0 Å². The second-order valence-electron chi connectivity index (χ2n) is 5.86. The Bertz CT molecular complexity index is 823. The molecule has 25 heavy (non-hydrogen) atoms. The molecule has 2 aromatic carbocycles. The summed E-state index contributed by atoms with van der Waals surface area (Å²) >= 11 is 0. The zero-order chi connectivity index (χ0) is 17.3. The van der Waals surface area contributed by atoms with Gasteiger partial charge in [0.05, 0.1) is 4.92 Å². The number of hydrogen-bond acceptors (Lipinski definition) is 4. The SMILES string of the molecule is CCc1ccc(C(=O)N2CCCc3c(N)cccc32)cc1[N+](=O)[O-].Cl. The van der Waals surface area contributed by atoms with Crippen molar-refractivity contribution in [1.29, 1.82) is 0 Å².